The molecular formula is C32H32N2O5. The predicted octanol–water partition coefficient (Wildman–Crippen LogP) is 5.20. The number of carboxylic acid groups (broad SMARTS) is 1. The van der Waals surface area contributed by atoms with E-state index in [2.05, 4.69) is 29.6 Å². The molecule has 2 amide bonds. The van der Waals surface area contributed by atoms with Crippen LogP contribution in [0.2, 0.25) is 0 Å². The van der Waals surface area contributed by atoms with Crippen molar-refractivity contribution in [1.29, 1.82) is 0 Å². The Morgan fingerprint density at radius 1 is 0.897 bits per heavy atom. The number of amides is 2. The Morgan fingerprint density at radius 3 is 2.21 bits per heavy atom. The van der Waals surface area contributed by atoms with Crippen molar-refractivity contribution in [2.45, 2.75) is 44.2 Å². The maximum absolute atomic E-state index is 13.7. The molecule has 0 heterocycles. The van der Waals surface area contributed by atoms with Crippen molar-refractivity contribution in [3.05, 3.63) is 95.6 Å². The summed E-state index contributed by atoms with van der Waals surface area (Å²) in [4.78, 5) is 39.5. The molecule has 200 valence electrons. The van der Waals surface area contributed by atoms with E-state index in [1.807, 2.05) is 54.6 Å². The van der Waals surface area contributed by atoms with Gasteiger partial charge in [0.1, 0.15) is 6.61 Å². The molecule has 0 radical (unpaired) electrons. The first-order chi connectivity index (χ1) is 18.9. The lowest BCUT2D eigenvalue weighted by atomic mass is 9.98. The van der Waals surface area contributed by atoms with Crippen LogP contribution in [0.1, 0.15) is 48.3 Å². The van der Waals surface area contributed by atoms with E-state index >= 15 is 0 Å². The monoisotopic (exact) mass is 524 g/mol. The molecule has 3 aromatic rings. The zero-order valence-electron chi connectivity index (χ0n) is 21.7. The number of carboxylic acids is 1. The lowest BCUT2D eigenvalue weighted by Gasteiger charge is -2.27. The van der Waals surface area contributed by atoms with E-state index in [9.17, 15) is 19.5 Å². The highest BCUT2D eigenvalue weighted by Gasteiger charge is 2.66. The van der Waals surface area contributed by atoms with Crippen molar-refractivity contribution in [2.75, 3.05) is 13.2 Å². The molecule has 39 heavy (non-hydrogen) atoms. The van der Waals surface area contributed by atoms with E-state index in [-0.39, 0.29) is 43.4 Å². The number of hydrogen-bond donors (Lipinski definition) is 2. The van der Waals surface area contributed by atoms with E-state index in [4.69, 9.17) is 4.74 Å². The molecule has 2 saturated carbocycles. The van der Waals surface area contributed by atoms with Gasteiger partial charge in [0.25, 0.3) is 0 Å². The average molecular weight is 525 g/mol. The third-order valence-electron chi connectivity index (χ3n) is 8.60. The first kappa shape index (κ1) is 25.2. The third kappa shape index (κ3) is 4.89. The molecule has 0 saturated heterocycles. The fourth-order valence-electron chi connectivity index (χ4n) is 6.67. The van der Waals surface area contributed by atoms with E-state index in [0.717, 1.165) is 29.5 Å². The number of rotatable bonds is 9. The molecule has 2 N–H and O–H groups in total. The minimum absolute atomic E-state index is 0.00515. The van der Waals surface area contributed by atoms with Crippen LogP contribution >= 0.6 is 0 Å². The van der Waals surface area contributed by atoms with Gasteiger partial charge in [-0.05, 0) is 53.0 Å². The van der Waals surface area contributed by atoms with E-state index < -0.39 is 17.5 Å². The number of aliphatic carboxylic acids is 1. The molecule has 7 heteroatoms. The third-order valence-corrected chi connectivity index (χ3v) is 8.60. The number of benzene rings is 3. The normalized spacial score (nSPS) is 22.4. The molecule has 3 aliphatic rings. The molecule has 0 spiro atoms. The first-order valence-electron chi connectivity index (χ1n) is 13.6. The fourth-order valence-corrected chi connectivity index (χ4v) is 6.67. The number of nitrogens with zero attached hydrogens (tertiary/aromatic N) is 1. The maximum Gasteiger partial charge on any atom is 0.407 e. The number of nitrogens with one attached hydrogen (secondary N) is 1. The first-order valence-corrected chi connectivity index (χ1v) is 13.6. The standard InChI is InChI=1S/C32H32N2O5/c35-29(36)14-15-34(19-21-8-2-1-3-9-21)30(37)32-17-22(32)16-23(18-32)33-31(38)39-20-28-26-12-6-4-10-24(26)25-11-5-7-13-27(25)28/h1-13,22-23,28H,14-20H2,(H,33,38)(H,35,36)/t22-,23+,32+/m1/s1. The predicted molar refractivity (Wildman–Crippen MR) is 146 cm³/mol. The van der Waals surface area contributed by atoms with Gasteiger partial charge >= 0.3 is 12.1 Å². The van der Waals surface area contributed by atoms with Crippen LogP contribution < -0.4 is 5.32 Å². The SMILES string of the molecule is O=C(O)CCN(Cc1ccccc1)C(=O)[C@@]12C[C@@H](NC(=O)OCC3c4ccccc4-c4ccccc43)C[C@@H]1C2. The van der Waals surface area contributed by atoms with E-state index in [0.29, 0.717) is 13.0 Å². The molecule has 7 nitrogen and oxygen atoms in total. The van der Waals surface area contributed by atoms with Crippen molar-refractivity contribution in [1.82, 2.24) is 10.2 Å². The number of alkyl carbamates (subject to hydrolysis) is 1. The van der Waals surface area contributed by atoms with Crippen LogP contribution in [-0.2, 0) is 20.9 Å². The largest absolute Gasteiger partial charge is 0.481 e. The van der Waals surface area contributed by atoms with Gasteiger partial charge in [0.15, 0.2) is 0 Å². The molecule has 6 rings (SSSR count). The van der Waals surface area contributed by atoms with E-state index in [1.54, 1.807) is 4.90 Å². The summed E-state index contributed by atoms with van der Waals surface area (Å²) in [6.07, 6.45) is 1.51. The van der Waals surface area contributed by atoms with Crippen LogP contribution in [0.15, 0.2) is 78.9 Å². The van der Waals surface area contributed by atoms with Gasteiger partial charge < -0.3 is 20.1 Å². The summed E-state index contributed by atoms with van der Waals surface area (Å²) in [7, 11) is 0. The highest BCUT2D eigenvalue weighted by atomic mass is 16.5. The summed E-state index contributed by atoms with van der Waals surface area (Å²) in [6, 6.07) is 26.0. The molecule has 3 atom stereocenters. The lowest BCUT2D eigenvalue weighted by molar-refractivity contribution is -0.141. The van der Waals surface area contributed by atoms with Crippen LogP contribution in [0, 0.1) is 11.3 Å². The van der Waals surface area contributed by atoms with Gasteiger partial charge in [-0.15, -0.1) is 0 Å². The van der Waals surface area contributed by atoms with Gasteiger partial charge in [0.2, 0.25) is 5.91 Å². The van der Waals surface area contributed by atoms with Crippen LogP contribution in [0.5, 0.6) is 0 Å². The number of hydrogen-bond acceptors (Lipinski definition) is 4. The number of carbonyl (C=O) groups excluding carboxylic acids is 2. The Balaban J connectivity index is 1.07. The van der Waals surface area contributed by atoms with Gasteiger partial charge in [-0.3, -0.25) is 9.59 Å². The highest BCUT2D eigenvalue weighted by Crippen LogP contribution is 2.64. The van der Waals surface area contributed by atoms with Crippen LogP contribution in [-0.4, -0.2) is 47.2 Å². The molecule has 0 aliphatic heterocycles. The van der Waals surface area contributed by atoms with Crippen molar-refractivity contribution in [2.24, 2.45) is 11.3 Å². The van der Waals surface area contributed by atoms with Crippen molar-refractivity contribution < 1.29 is 24.2 Å². The van der Waals surface area contributed by atoms with Crippen molar-refractivity contribution >= 4 is 18.0 Å². The quantitative estimate of drug-likeness (QED) is 0.401. The molecule has 0 unspecified atom stereocenters. The van der Waals surface area contributed by atoms with Crippen LogP contribution in [0.25, 0.3) is 11.1 Å². The second-order valence-corrected chi connectivity index (χ2v) is 11.0. The average Bonchev–Trinajstić information content (AvgIpc) is 3.37. The molecule has 2 fully saturated rings. The zero-order valence-corrected chi connectivity index (χ0v) is 21.7. The summed E-state index contributed by atoms with van der Waals surface area (Å²) in [5.41, 5.74) is 5.14. The fraction of sp³-hybridized carbons (Fsp3) is 0.344. The Hall–Kier alpha value is -4.13. The second-order valence-electron chi connectivity index (χ2n) is 11.0. The zero-order chi connectivity index (χ0) is 27.0. The summed E-state index contributed by atoms with van der Waals surface area (Å²) >= 11 is 0. The highest BCUT2D eigenvalue weighted by molar-refractivity contribution is 5.87. The van der Waals surface area contributed by atoms with Gasteiger partial charge in [0.05, 0.1) is 11.8 Å². The lowest BCUT2D eigenvalue weighted by Crippen LogP contribution is -2.40. The molecule has 0 aromatic heterocycles. The van der Waals surface area contributed by atoms with Gasteiger partial charge in [0, 0.05) is 25.0 Å². The minimum atomic E-state index is -0.924. The molecular weight excluding hydrogens is 492 g/mol. The number of ether oxygens (including phenoxy) is 1. The molecule has 0 bridgehead atoms. The van der Waals surface area contributed by atoms with Gasteiger partial charge in [-0.25, -0.2) is 4.79 Å². The Morgan fingerprint density at radius 2 is 1.54 bits per heavy atom. The van der Waals surface area contributed by atoms with Crippen LogP contribution in [0.4, 0.5) is 4.79 Å². The van der Waals surface area contributed by atoms with Crippen molar-refractivity contribution in [3.63, 3.8) is 0 Å². The smallest absolute Gasteiger partial charge is 0.407 e. The minimum Gasteiger partial charge on any atom is -0.481 e. The summed E-state index contributed by atoms with van der Waals surface area (Å²) in [6.45, 7) is 0.800. The van der Waals surface area contributed by atoms with Crippen LogP contribution in [0.3, 0.4) is 0 Å². The Labute approximate surface area is 227 Å². The summed E-state index contributed by atoms with van der Waals surface area (Å²) in [5.74, 6) is -0.734. The molecule has 3 aliphatic carbocycles. The summed E-state index contributed by atoms with van der Waals surface area (Å²) < 4.78 is 5.73. The number of carbonyl (C=O) groups is 3. The second kappa shape index (κ2) is 10.2. The topological polar surface area (TPSA) is 95.9 Å². The Bertz CT molecular complexity index is 1360. The number of fused-ring (bicyclic) bond motifs is 4. The maximum atomic E-state index is 13.7. The van der Waals surface area contributed by atoms with Crippen molar-refractivity contribution in [3.8, 4) is 11.1 Å². The van der Waals surface area contributed by atoms with E-state index in [1.165, 1.54) is 11.1 Å². The Kier molecular flexibility index (Phi) is 6.59. The van der Waals surface area contributed by atoms with Gasteiger partial charge in [-0.1, -0.05) is 78.9 Å². The molecule has 3 aromatic carbocycles. The summed E-state index contributed by atoms with van der Waals surface area (Å²) in [5, 5.41) is 12.2. The van der Waals surface area contributed by atoms with Gasteiger partial charge in [-0.2, -0.15) is 0 Å².